The number of carbonyl (C=O) groups is 2. The number of sulfonamides is 1. The Kier molecular flexibility index (Phi) is 8.91. The molecule has 3 saturated carbocycles. The van der Waals surface area contributed by atoms with Gasteiger partial charge in [-0.05, 0) is 79.7 Å². The number of nitrogens with one attached hydrogen (secondary N) is 2. The smallest absolute Gasteiger partial charge is 0.335 e. The van der Waals surface area contributed by atoms with Gasteiger partial charge in [0.1, 0.15) is 6.61 Å². The van der Waals surface area contributed by atoms with Crippen molar-refractivity contribution in [2.75, 3.05) is 25.0 Å². The summed E-state index contributed by atoms with van der Waals surface area (Å²) in [5.74, 6) is -1.36. The molecule has 1 atom stereocenters. The average molecular weight is 651 g/mol. The summed E-state index contributed by atoms with van der Waals surface area (Å²) in [5, 5.41) is 13.0. The first kappa shape index (κ1) is 33.3. The fraction of sp³-hybridized carbons (Fsp3) is 0.471. The van der Waals surface area contributed by atoms with Crippen LogP contribution in [0.5, 0.6) is 5.88 Å². The number of aryl methyl sites for hydroxylation is 2. The first-order chi connectivity index (χ1) is 21.5. The lowest BCUT2D eigenvalue weighted by Gasteiger charge is -2.69. The number of esters is 1. The van der Waals surface area contributed by atoms with Crippen molar-refractivity contribution < 1.29 is 32.6 Å². The van der Waals surface area contributed by atoms with Crippen LogP contribution in [-0.2, 0) is 19.6 Å². The van der Waals surface area contributed by atoms with E-state index in [0.717, 1.165) is 55.0 Å². The lowest BCUT2D eigenvalue weighted by molar-refractivity contribution is -0.224. The van der Waals surface area contributed by atoms with E-state index in [1.807, 2.05) is 32.0 Å². The second kappa shape index (κ2) is 12.3. The minimum Gasteiger partial charge on any atom is -0.478 e. The number of aromatic nitrogens is 2. The number of methoxy groups -OCH3 is 1. The average Bonchev–Trinajstić information content (AvgIpc) is 2.93. The second-order valence-electron chi connectivity index (χ2n) is 14.1. The molecule has 246 valence electrons. The van der Waals surface area contributed by atoms with Gasteiger partial charge in [-0.15, -0.1) is 0 Å². The third-order valence-corrected chi connectivity index (χ3v) is 10.2. The lowest BCUT2D eigenvalue weighted by Crippen LogP contribution is -2.69. The molecule has 3 aromatic rings. The Bertz CT molecular complexity index is 1730. The highest BCUT2D eigenvalue weighted by atomic mass is 32.2. The van der Waals surface area contributed by atoms with Gasteiger partial charge in [0.05, 0.1) is 28.7 Å². The third-order valence-electron chi connectivity index (χ3n) is 8.87. The molecule has 0 aliphatic heterocycles. The van der Waals surface area contributed by atoms with Gasteiger partial charge in [0.2, 0.25) is 11.8 Å². The monoisotopic (exact) mass is 650 g/mol. The van der Waals surface area contributed by atoms with E-state index in [1.165, 1.54) is 25.3 Å². The van der Waals surface area contributed by atoms with Gasteiger partial charge in [-0.3, -0.25) is 4.79 Å². The molecule has 12 heteroatoms. The highest BCUT2D eigenvalue weighted by Crippen LogP contribution is 2.73. The molecular formula is C34H42N4O7S. The molecule has 0 radical (unpaired) electrons. The van der Waals surface area contributed by atoms with Crippen molar-refractivity contribution in [3.05, 3.63) is 65.2 Å². The van der Waals surface area contributed by atoms with Crippen LogP contribution in [0.1, 0.15) is 67.9 Å². The maximum atomic E-state index is 13.3. The van der Waals surface area contributed by atoms with E-state index in [1.54, 1.807) is 6.07 Å². The molecule has 0 saturated heterocycles. The number of rotatable bonds is 13. The molecule has 0 amide bonds. The van der Waals surface area contributed by atoms with Crippen LogP contribution in [0.25, 0.3) is 11.3 Å². The third kappa shape index (κ3) is 7.02. The number of aromatic carboxylic acids is 1. The predicted octanol–water partition coefficient (Wildman–Crippen LogP) is 5.38. The number of anilines is 1. The highest BCUT2D eigenvalue weighted by molar-refractivity contribution is 7.92. The van der Waals surface area contributed by atoms with Gasteiger partial charge in [0.15, 0.2) is 0 Å². The van der Waals surface area contributed by atoms with Gasteiger partial charge in [0, 0.05) is 24.2 Å². The number of hydrogen-bond donors (Lipinski definition) is 3. The number of carboxylic acid groups (broad SMARTS) is 1. The summed E-state index contributed by atoms with van der Waals surface area (Å²) < 4.78 is 40.4. The Balaban J connectivity index is 1.39. The first-order valence-corrected chi connectivity index (χ1v) is 16.8. The Labute approximate surface area is 270 Å². The fourth-order valence-electron chi connectivity index (χ4n) is 6.96. The normalized spacial score (nSPS) is 21.0. The van der Waals surface area contributed by atoms with E-state index in [0.29, 0.717) is 5.69 Å². The first-order valence-electron chi connectivity index (χ1n) is 15.3. The Morgan fingerprint density at radius 3 is 2.28 bits per heavy atom. The minimum atomic E-state index is -4.23. The van der Waals surface area contributed by atoms with Gasteiger partial charge in [-0.2, -0.15) is 4.98 Å². The molecule has 11 nitrogen and oxygen atoms in total. The topological polar surface area (TPSA) is 157 Å². The fourth-order valence-corrected chi connectivity index (χ4v) is 7.95. The van der Waals surface area contributed by atoms with E-state index >= 15 is 0 Å². The second-order valence-corrected chi connectivity index (χ2v) is 15.8. The maximum Gasteiger partial charge on any atom is 0.335 e. The summed E-state index contributed by atoms with van der Waals surface area (Å²) >= 11 is 0. The van der Waals surface area contributed by atoms with Gasteiger partial charge in [-0.1, -0.05) is 45.0 Å². The SMILES string of the molecule is COC(=O)C12CC(CN[C@@H](COc3cc(-c4c(C)cccc4C)nc(NS(=O)(=O)c4cccc(C(=O)O)c4)n3)CC(C)(C)C)(C1)C2. The Morgan fingerprint density at radius 2 is 1.67 bits per heavy atom. The number of carbonyl (C=O) groups excluding carboxylic acids is 1. The van der Waals surface area contributed by atoms with Crippen LogP contribution in [0.15, 0.2) is 53.4 Å². The minimum absolute atomic E-state index is 0.00588. The summed E-state index contributed by atoms with van der Waals surface area (Å²) in [6.45, 7) is 11.4. The van der Waals surface area contributed by atoms with Gasteiger partial charge < -0.3 is 19.9 Å². The number of benzene rings is 2. The number of carboxylic acids is 1. The van der Waals surface area contributed by atoms with Crippen molar-refractivity contribution in [3.8, 4) is 17.1 Å². The lowest BCUT2D eigenvalue weighted by atomic mass is 9.35. The summed E-state index contributed by atoms with van der Waals surface area (Å²) in [6, 6.07) is 12.6. The van der Waals surface area contributed by atoms with Crippen molar-refractivity contribution >= 4 is 27.9 Å². The quantitative estimate of drug-likeness (QED) is 0.205. The van der Waals surface area contributed by atoms with Crippen LogP contribution < -0.4 is 14.8 Å². The maximum absolute atomic E-state index is 13.3. The summed E-state index contributed by atoms with van der Waals surface area (Å²) in [5.41, 5.74) is 2.83. The standard InChI is InChI=1S/C34H42N4O7S/c1-21-9-7-10-22(2)28(21)26-14-27(37-31(36-26)38-46(42,43)25-12-8-11-23(13-25)29(39)40)45-16-24(15-32(3,4)5)35-20-33-17-34(18-33,19-33)30(41)44-6/h7-14,24,35H,15-20H2,1-6H3,(H,39,40)(H,36,37,38)/t24-,33?,34?/m1/s1. The molecule has 2 bridgehead atoms. The number of ether oxygens (including phenoxy) is 2. The molecule has 0 unspecified atom stereocenters. The van der Waals surface area contributed by atoms with E-state index < -0.39 is 16.0 Å². The molecule has 2 aromatic carbocycles. The van der Waals surface area contributed by atoms with Crippen molar-refractivity contribution in [2.24, 2.45) is 16.2 Å². The zero-order valence-corrected chi connectivity index (χ0v) is 28.0. The molecule has 3 aliphatic rings. The summed E-state index contributed by atoms with van der Waals surface area (Å²) in [6.07, 6.45) is 3.28. The van der Waals surface area contributed by atoms with Crippen LogP contribution >= 0.6 is 0 Å². The Morgan fingerprint density at radius 1 is 1.02 bits per heavy atom. The molecular weight excluding hydrogens is 608 g/mol. The van der Waals surface area contributed by atoms with Crippen LogP contribution in [0, 0.1) is 30.1 Å². The molecule has 0 spiro atoms. The van der Waals surface area contributed by atoms with E-state index in [9.17, 15) is 23.1 Å². The number of hydrogen-bond acceptors (Lipinski definition) is 9. The van der Waals surface area contributed by atoms with Crippen LogP contribution in [0.2, 0.25) is 0 Å². The van der Waals surface area contributed by atoms with Crippen LogP contribution in [0.3, 0.4) is 0 Å². The molecule has 1 heterocycles. The zero-order chi connectivity index (χ0) is 33.5. The van der Waals surface area contributed by atoms with Crippen molar-refractivity contribution in [2.45, 2.75) is 71.2 Å². The van der Waals surface area contributed by atoms with Crippen LogP contribution in [-0.4, -0.2) is 61.7 Å². The molecule has 3 N–H and O–H groups in total. The molecule has 1 aromatic heterocycles. The molecule has 6 rings (SSSR count). The Hall–Kier alpha value is -4.03. The van der Waals surface area contributed by atoms with E-state index in [-0.39, 0.29) is 57.2 Å². The summed E-state index contributed by atoms with van der Waals surface area (Å²) in [4.78, 5) is 32.3. The molecule has 3 aliphatic carbocycles. The molecule has 3 fully saturated rings. The van der Waals surface area contributed by atoms with Crippen molar-refractivity contribution in [3.63, 3.8) is 0 Å². The highest BCUT2D eigenvalue weighted by Gasteiger charge is 2.71. The number of nitrogens with zero attached hydrogens (tertiary/aromatic N) is 2. The van der Waals surface area contributed by atoms with E-state index in [4.69, 9.17) is 9.47 Å². The van der Waals surface area contributed by atoms with Gasteiger partial charge in [-0.25, -0.2) is 22.9 Å². The van der Waals surface area contributed by atoms with Gasteiger partial charge in [0.25, 0.3) is 10.0 Å². The summed E-state index contributed by atoms with van der Waals surface area (Å²) in [7, 11) is -2.79. The van der Waals surface area contributed by atoms with Crippen molar-refractivity contribution in [1.82, 2.24) is 15.3 Å². The largest absolute Gasteiger partial charge is 0.478 e. The van der Waals surface area contributed by atoms with E-state index in [2.05, 4.69) is 40.8 Å². The van der Waals surface area contributed by atoms with Gasteiger partial charge >= 0.3 is 11.9 Å². The predicted molar refractivity (Wildman–Crippen MR) is 173 cm³/mol. The molecule has 46 heavy (non-hydrogen) atoms. The zero-order valence-electron chi connectivity index (χ0n) is 27.1. The van der Waals surface area contributed by atoms with Crippen molar-refractivity contribution in [1.29, 1.82) is 0 Å². The van der Waals surface area contributed by atoms with Crippen LogP contribution in [0.4, 0.5) is 5.95 Å².